The Morgan fingerprint density at radius 3 is 2.59 bits per heavy atom. The van der Waals surface area contributed by atoms with Crippen LogP contribution in [0.25, 0.3) is 0 Å². The molecule has 1 aliphatic rings. The summed E-state index contributed by atoms with van der Waals surface area (Å²) >= 11 is 4.11. The normalized spacial score (nSPS) is 14.5. The van der Waals surface area contributed by atoms with Crippen LogP contribution in [-0.4, -0.2) is 41.6 Å². The zero-order chi connectivity index (χ0) is 20.8. The number of ether oxygens (including phenoxy) is 1. The van der Waals surface area contributed by atoms with Crippen LogP contribution in [0.3, 0.4) is 0 Å². The van der Waals surface area contributed by atoms with Crippen LogP contribution in [0.5, 0.6) is 5.75 Å². The molecule has 2 N–H and O–H groups in total. The number of benzene rings is 2. The van der Waals surface area contributed by atoms with E-state index in [1.54, 1.807) is 4.90 Å². The molecule has 29 heavy (non-hydrogen) atoms. The summed E-state index contributed by atoms with van der Waals surface area (Å²) in [4.78, 5) is 26.3. The van der Waals surface area contributed by atoms with Crippen LogP contribution in [0, 0.1) is 11.7 Å². The summed E-state index contributed by atoms with van der Waals surface area (Å²) in [5.41, 5.74) is 1.01. The third-order valence-corrected chi connectivity index (χ3v) is 5.31. The molecule has 0 spiro atoms. The van der Waals surface area contributed by atoms with Crippen LogP contribution in [-0.2, 0) is 11.3 Å². The number of nitrogens with one attached hydrogen (secondary N) is 1. The van der Waals surface area contributed by atoms with Gasteiger partial charge in [0.15, 0.2) is 11.6 Å². The van der Waals surface area contributed by atoms with Gasteiger partial charge in [0.05, 0.1) is 5.56 Å². The van der Waals surface area contributed by atoms with Crippen molar-refractivity contribution >= 4 is 24.6 Å². The van der Waals surface area contributed by atoms with E-state index in [0.717, 1.165) is 30.5 Å². The molecule has 1 saturated heterocycles. The predicted octanol–water partition coefficient (Wildman–Crippen LogP) is 3.60. The molecule has 0 aromatic heterocycles. The number of phenolic OH excluding ortho intramolecular Hbond substituents is 1. The minimum absolute atomic E-state index is 0.0746. The fourth-order valence-corrected chi connectivity index (χ4v) is 3.48. The van der Waals surface area contributed by atoms with Gasteiger partial charge in [-0.3, -0.25) is 4.79 Å². The maximum Gasteiger partial charge on any atom is 0.410 e. The number of likely N-dealkylation sites (tertiary alicyclic amines) is 1. The van der Waals surface area contributed by atoms with E-state index in [1.807, 2.05) is 30.3 Å². The van der Waals surface area contributed by atoms with Gasteiger partial charge in [0.1, 0.15) is 6.61 Å². The second-order valence-electron chi connectivity index (χ2n) is 7.00. The molecule has 2 amide bonds. The van der Waals surface area contributed by atoms with Crippen molar-refractivity contribution in [2.45, 2.75) is 24.3 Å². The number of hydrogen-bond donors (Lipinski definition) is 3. The summed E-state index contributed by atoms with van der Waals surface area (Å²) < 4.78 is 18.8. The zero-order valence-corrected chi connectivity index (χ0v) is 16.7. The molecule has 1 heterocycles. The van der Waals surface area contributed by atoms with E-state index in [1.165, 1.54) is 0 Å². The summed E-state index contributed by atoms with van der Waals surface area (Å²) in [6.45, 7) is 1.77. The number of thiol groups is 1. The minimum Gasteiger partial charge on any atom is -0.505 e. The monoisotopic (exact) mass is 418 g/mol. The minimum atomic E-state index is -0.865. The van der Waals surface area contributed by atoms with Gasteiger partial charge in [-0.25, -0.2) is 9.18 Å². The molecule has 1 aliphatic heterocycles. The second-order valence-corrected chi connectivity index (χ2v) is 7.48. The van der Waals surface area contributed by atoms with Crippen molar-refractivity contribution in [1.29, 1.82) is 0 Å². The highest BCUT2D eigenvalue weighted by Gasteiger charge is 2.24. The maximum absolute atomic E-state index is 13.5. The summed E-state index contributed by atoms with van der Waals surface area (Å²) in [7, 11) is 0. The van der Waals surface area contributed by atoms with Crippen LogP contribution in [0.15, 0.2) is 47.4 Å². The molecule has 2 aromatic rings. The molecule has 0 atom stereocenters. The number of piperidine rings is 1. The lowest BCUT2D eigenvalue weighted by atomic mass is 9.97. The van der Waals surface area contributed by atoms with Crippen LogP contribution in [0.2, 0.25) is 0 Å². The molecular formula is C21H23FN2O4S. The van der Waals surface area contributed by atoms with Crippen molar-refractivity contribution in [2.24, 2.45) is 5.92 Å². The van der Waals surface area contributed by atoms with E-state index < -0.39 is 17.5 Å². The molecule has 2 aromatic carbocycles. The topological polar surface area (TPSA) is 78.9 Å². The Bertz CT molecular complexity index is 870. The largest absolute Gasteiger partial charge is 0.505 e. The molecule has 0 radical (unpaired) electrons. The van der Waals surface area contributed by atoms with Gasteiger partial charge >= 0.3 is 6.09 Å². The van der Waals surface area contributed by atoms with Crippen LogP contribution in [0.4, 0.5) is 9.18 Å². The first kappa shape index (κ1) is 21.0. The van der Waals surface area contributed by atoms with Crippen molar-refractivity contribution in [2.75, 3.05) is 19.6 Å². The van der Waals surface area contributed by atoms with Gasteiger partial charge in [-0.05, 0) is 36.5 Å². The summed E-state index contributed by atoms with van der Waals surface area (Å²) in [6.07, 6.45) is 1.13. The molecule has 0 bridgehead atoms. The highest BCUT2D eigenvalue weighted by Crippen LogP contribution is 2.24. The lowest BCUT2D eigenvalue weighted by Gasteiger charge is -2.31. The van der Waals surface area contributed by atoms with Gasteiger partial charge in [-0.15, -0.1) is 12.6 Å². The fraction of sp³-hybridized carbons (Fsp3) is 0.333. The summed E-state index contributed by atoms with van der Waals surface area (Å²) in [5, 5.41) is 12.1. The average Bonchev–Trinajstić information content (AvgIpc) is 2.74. The highest BCUT2D eigenvalue weighted by atomic mass is 32.1. The Balaban J connectivity index is 1.42. The van der Waals surface area contributed by atoms with Crippen molar-refractivity contribution < 1.29 is 23.8 Å². The zero-order valence-electron chi connectivity index (χ0n) is 15.8. The second kappa shape index (κ2) is 9.65. The smallest absolute Gasteiger partial charge is 0.410 e. The first-order valence-electron chi connectivity index (χ1n) is 9.39. The molecule has 8 heteroatoms. The fourth-order valence-electron chi connectivity index (χ4n) is 3.20. The predicted molar refractivity (Wildman–Crippen MR) is 109 cm³/mol. The average molecular weight is 418 g/mol. The van der Waals surface area contributed by atoms with E-state index in [9.17, 15) is 19.1 Å². The quantitative estimate of drug-likeness (QED) is 0.649. The van der Waals surface area contributed by atoms with Crippen molar-refractivity contribution in [3.8, 4) is 5.75 Å². The molecule has 0 aliphatic carbocycles. The Hall–Kier alpha value is -2.74. The number of carbonyl (C=O) groups is 2. The Labute approximate surface area is 174 Å². The molecule has 0 saturated carbocycles. The lowest BCUT2D eigenvalue weighted by Crippen LogP contribution is -2.41. The summed E-state index contributed by atoms with van der Waals surface area (Å²) in [6, 6.07) is 11.6. The van der Waals surface area contributed by atoms with Gasteiger partial charge in [0.2, 0.25) is 0 Å². The lowest BCUT2D eigenvalue weighted by molar-refractivity contribution is 0.0800. The third kappa shape index (κ3) is 5.63. The van der Waals surface area contributed by atoms with E-state index in [2.05, 4.69) is 17.9 Å². The van der Waals surface area contributed by atoms with E-state index >= 15 is 0 Å². The number of phenols is 1. The van der Waals surface area contributed by atoms with Gasteiger partial charge in [-0.1, -0.05) is 30.3 Å². The molecule has 6 nitrogen and oxygen atoms in total. The van der Waals surface area contributed by atoms with Crippen molar-refractivity contribution in [1.82, 2.24) is 10.2 Å². The number of carbonyl (C=O) groups excluding carboxylic acids is 2. The number of nitrogens with zero attached hydrogens (tertiary/aromatic N) is 1. The van der Waals surface area contributed by atoms with Crippen molar-refractivity contribution in [3.63, 3.8) is 0 Å². The highest BCUT2D eigenvalue weighted by molar-refractivity contribution is 7.80. The van der Waals surface area contributed by atoms with Gasteiger partial charge in [-0.2, -0.15) is 0 Å². The van der Waals surface area contributed by atoms with Gasteiger partial charge in [0.25, 0.3) is 5.91 Å². The SMILES string of the molecule is O=C(NCC1CCN(C(=O)OCc2ccccc2)CC1)c1cc(F)c(O)cc1S. The molecule has 0 unspecified atom stereocenters. The Morgan fingerprint density at radius 1 is 1.21 bits per heavy atom. The van der Waals surface area contributed by atoms with E-state index in [0.29, 0.717) is 19.6 Å². The number of amides is 2. The van der Waals surface area contributed by atoms with Crippen LogP contribution < -0.4 is 5.32 Å². The molecular weight excluding hydrogens is 395 g/mol. The molecule has 1 fully saturated rings. The van der Waals surface area contributed by atoms with E-state index in [4.69, 9.17) is 4.74 Å². The van der Waals surface area contributed by atoms with Gasteiger partial charge in [0, 0.05) is 24.5 Å². The Morgan fingerprint density at radius 2 is 1.90 bits per heavy atom. The molecule has 154 valence electrons. The standard InChI is InChI=1S/C21H23FN2O4S/c22-17-10-16(19(29)11-18(17)25)20(26)23-12-14-6-8-24(9-7-14)21(27)28-13-15-4-2-1-3-5-15/h1-5,10-11,14,25,29H,6-9,12-13H2,(H,23,26). The first-order valence-corrected chi connectivity index (χ1v) is 9.84. The summed E-state index contributed by atoms with van der Waals surface area (Å²) in [5.74, 6) is -1.64. The van der Waals surface area contributed by atoms with E-state index in [-0.39, 0.29) is 29.1 Å². The maximum atomic E-state index is 13.5. The van der Waals surface area contributed by atoms with Crippen LogP contribution in [0.1, 0.15) is 28.8 Å². The first-order chi connectivity index (χ1) is 13.9. The Kier molecular flexibility index (Phi) is 6.98. The number of rotatable bonds is 5. The number of halogens is 1. The van der Waals surface area contributed by atoms with Gasteiger partial charge < -0.3 is 20.1 Å². The third-order valence-electron chi connectivity index (χ3n) is 4.94. The van der Waals surface area contributed by atoms with Crippen LogP contribution >= 0.6 is 12.6 Å². The van der Waals surface area contributed by atoms with Crippen molar-refractivity contribution in [3.05, 3.63) is 59.4 Å². The number of hydrogen-bond acceptors (Lipinski definition) is 5. The number of aromatic hydroxyl groups is 1. The molecule has 3 rings (SSSR count).